The number of amides is 2. The number of anilines is 1. The van der Waals surface area contributed by atoms with Crippen molar-refractivity contribution in [2.45, 2.75) is 58.4 Å². The molecular weight excluding hydrogens is 536 g/mol. The molecule has 0 aliphatic carbocycles. The Bertz CT molecular complexity index is 1400. The fraction of sp³-hybridized carbons (Fsp3) is 0.438. The SMILES string of the molecule is C=CCC/C=C1/Oc2c(cc3c4c2CCCN4CCC3)C(C)=C1/C=C(\C#N)C(=O)N(C)[C@@H](CSC(C)=O)C(=O)NC. The lowest BCUT2D eigenvalue weighted by Gasteiger charge is -2.39. The molecule has 0 saturated heterocycles. The van der Waals surface area contributed by atoms with Gasteiger partial charge in [0.25, 0.3) is 5.91 Å². The van der Waals surface area contributed by atoms with Gasteiger partial charge in [0.15, 0.2) is 5.12 Å². The van der Waals surface area contributed by atoms with Gasteiger partial charge in [-0.3, -0.25) is 14.4 Å². The zero-order valence-corrected chi connectivity index (χ0v) is 25.2. The lowest BCUT2D eigenvalue weighted by atomic mass is 9.85. The third kappa shape index (κ3) is 6.28. The van der Waals surface area contributed by atoms with E-state index in [0.29, 0.717) is 17.8 Å². The quantitative estimate of drug-likeness (QED) is 0.197. The molecule has 2 amide bonds. The average molecular weight is 575 g/mol. The van der Waals surface area contributed by atoms with Gasteiger partial charge in [-0.05, 0) is 74.8 Å². The second-order valence-corrected chi connectivity index (χ2v) is 11.7. The lowest BCUT2D eigenvalue weighted by molar-refractivity contribution is -0.135. The second-order valence-electron chi connectivity index (χ2n) is 10.5. The fourth-order valence-electron chi connectivity index (χ4n) is 5.73. The summed E-state index contributed by atoms with van der Waals surface area (Å²) in [6.07, 6.45) is 11.0. The van der Waals surface area contributed by atoms with Crippen LogP contribution in [0.1, 0.15) is 56.2 Å². The van der Waals surface area contributed by atoms with Gasteiger partial charge in [-0.1, -0.05) is 17.8 Å². The first kappa shape index (κ1) is 30.2. The van der Waals surface area contributed by atoms with Gasteiger partial charge in [0, 0.05) is 62.2 Å². The summed E-state index contributed by atoms with van der Waals surface area (Å²) in [6, 6.07) is 3.35. The van der Waals surface area contributed by atoms with E-state index in [4.69, 9.17) is 4.74 Å². The Morgan fingerprint density at radius 2 is 2.00 bits per heavy atom. The van der Waals surface area contributed by atoms with E-state index < -0.39 is 17.9 Å². The molecule has 3 aliphatic heterocycles. The van der Waals surface area contributed by atoms with Crippen LogP contribution in [0, 0.1) is 11.3 Å². The number of aryl methyl sites for hydroxylation is 1. The highest BCUT2D eigenvalue weighted by Gasteiger charge is 2.33. The third-order valence-corrected chi connectivity index (χ3v) is 8.77. The summed E-state index contributed by atoms with van der Waals surface area (Å²) < 4.78 is 6.64. The monoisotopic (exact) mass is 574 g/mol. The van der Waals surface area contributed by atoms with Crippen LogP contribution in [0.25, 0.3) is 5.57 Å². The summed E-state index contributed by atoms with van der Waals surface area (Å²) in [6.45, 7) is 9.37. The minimum Gasteiger partial charge on any atom is -0.456 e. The van der Waals surface area contributed by atoms with Crippen molar-refractivity contribution in [2.24, 2.45) is 0 Å². The summed E-state index contributed by atoms with van der Waals surface area (Å²) in [4.78, 5) is 41.4. The number of hydrogen-bond acceptors (Lipinski definition) is 7. The number of nitriles is 1. The summed E-state index contributed by atoms with van der Waals surface area (Å²) in [5.74, 6) is 0.566. The summed E-state index contributed by atoms with van der Waals surface area (Å²) in [5.41, 5.74) is 6.37. The van der Waals surface area contributed by atoms with Gasteiger partial charge in [-0.15, -0.1) is 6.58 Å². The number of ether oxygens (including phenoxy) is 1. The van der Waals surface area contributed by atoms with Crippen molar-refractivity contribution < 1.29 is 19.1 Å². The molecule has 1 N–H and O–H groups in total. The number of unbranched alkanes of at least 4 members (excludes halogenated alkanes) is 1. The first-order chi connectivity index (χ1) is 19.7. The number of nitrogens with zero attached hydrogens (tertiary/aromatic N) is 3. The molecule has 0 fully saturated rings. The van der Waals surface area contributed by atoms with E-state index in [1.54, 1.807) is 6.08 Å². The highest BCUT2D eigenvalue weighted by molar-refractivity contribution is 8.13. The molecule has 8 nitrogen and oxygen atoms in total. The van der Waals surface area contributed by atoms with E-state index in [-0.39, 0.29) is 16.4 Å². The van der Waals surface area contributed by atoms with Crippen molar-refractivity contribution in [3.8, 4) is 11.8 Å². The first-order valence-electron chi connectivity index (χ1n) is 14.1. The topological polar surface area (TPSA) is 103 Å². The largest absolute Gasteiger partial charge is 0.456 e. The zero-order chi connectivity index (χ0) is 29.7. The van der Waals surface area contributed by atoms with Gasteiger partial charge >= 0.3 is 0 Å². The molecule has 41 heavy (non-hydrogen) atoms. The minimum atomic E-state index is -0.915. The lowest BCUT2D eigenvalue weighted by Crippen LogP contribution is -2.48. The van der Waals surface area contributed by atoms with Gasteiger partial charge in [0.05, 0.1) is 0 Å². The van der Waals surface area contributed by atoms with Crippen molar-refractivity contribution in [3.05, 3.63) is 64.5 Å². The van der Waals surface area contributed by atoms with Gasteiger partial charge in [0.1, 0.15) is 29.2 Å². The van der Waals surface area contributed by atoms with Crippen LogP contribution < -0.4 is 15.0 Å². The molecule has 9 heteroatoms. The molecule has 216 valence electrons. The van der Waals surface area contributed by atoms with Crippen LogP contribution in [0.4, 0.5) is 5.69 Å². The number of carbonyl (C=O) groups excluding carboxylic acids is 3. The van der Waals surface area contributed by atoms with Crippen molar-refractivity contribution >= 4 is 40.0 Å². The van der Waals surface area contributed by atoms with Crippen LogP contribution in [0.3, 0.4) is 0 Å². The number of rotatable bonds is 9. The Morgan fingerprint density at radius 1 is 1.27 bits per heavy atom. The highest BCUT2D eigenvalue weighted by atomic mass is 32.2. The third-order valence-electron chi connectivity index (χ3n) is 7.88. The van der Waals surface area contributed by atoms with Crippen LogP contribution in [0.2, 0.25) is 0 Å². The summed E-state index contributed by atoms with van der Waals surface area (Å²) >= 11 is 0.962. The molecule has 1 aromatic carbocycles. The number of allylic oxidation sites excluding steroid dienone is 4. The van der Waals surface area contributed by atoms with Crippen LogP contribution in [0.5, 0.6) is 5.75 Å². The zero-order valence-electron chi connectivity index (χ0n) is 24.3. The molecule has 1 atom stereocenters. The van der Waals surface area contributed by atoms with Crippen molar-refractivity contribution in [2.75, 3.05) is 37.8 Å². The first-order valence-corrected chi connectivity index (χ1v) is 15.1. The van der Waals surface area contributed by atoms with E-state index in [1.807, 2.05) is 19.1 Å². The Balaban J connectivity index is 1.80. The van der Waals surface area contributed by atoms with Crippen LogP contribution in [-0.2, 0) is 27.2 Å². The number of fused-ring (bicyclic) bond motifs is 2. The number of thioether (sulfide) groups is 1. The van der Waals surface area contributed by atoms with E-state index >= 15 is 0 Å². The molecule has 0 saturated carbocycles. The van der Waals surface area contributed by atoms with Crippen molar-refractivity contribution in [1.29, 1.82) is 5.26 Å². The number of benzene rings is 1. The van der Waals surface area contributed by atoms with E-state index in [9.17, 15) is 19.6 Å². The molecule has 0 spiro atoms. The van der Waals surface area contributed by atoms with Crippen LogP contribution >= 0.6 is 11.8 Å². The molecule has 0 aromatic heterocycles. The molecule has 0 bridgehead atoms. The number of carbonyl (C=O) groups is 3. The van der Waals surface area contributed by atoms with E-state index in [1.165, 1.54) is 42.7 Å². The molecule has 3 aliphatic rings. The Morgan fingerprint density at radius 3 is 2.66 bits per heavy atom. The number of nitrogens with one attached hydrogen (secondary N) is 1. The van der Waals surface area contributed by atoms with Crippen LogP contribution in [0.15, 0.2) is 47.8 Å². The number of hydrogen-bond donors (Lipinski definition) is 1. The van der Waals surface area contributed by atoms with Crippen molar-refractivity contribution in [1.82, 2.24) is 10.2 Å². The second kappa shape index (κ2) is 13.3. The van der Waals surface area contributed by atoms with Gasteiger partial charge in [0.2, 0.25) is 5.91 Å². The summed E-state index contributed by atoms with van der Waals surface area (Å²) in [5, 5.41) is 12.5. The number of likely N-dealkylation sites (N-methyl/N-ethyl adjacent to an activating group) is 2. The minimum absolute atomic E-state index is 0.0891. The maximum atomic E-state index is 13.6. The molecule has 0 unspecified atom stereocenters. The molecule has 1 aromatic rings. The molecule has 3 heterocycles. The van der Waals surface area contributed by atoms with E-state index in [0.717, 1.165) is 73.8 Å². The highest BCUT2D eigenvalue weighted by Crippen LogP contribution is 2.48. The van der Waals surface area contributed by atoms with Gasteiger partial charge in [-0.25, -0.2) is 0 Å². The fourth-order valence-corrected chi connectivity index (χ4v) is 6.50. The predicted molar refractivity (Wildman–Crippen MR) is 163 cm³/mol. The average Bonchev–Trinajstić information content (AvgIpc) is 2.97. The standard InChI is InChI=1S/C32H38N4O4S/c1-6-7-8-13-28-25(17-23(18-33)32(39)35(5)27(31(38)34-4)19-41-21(3)37)20(2)26-16-22-11-9-14-36-15-10-12-24(29(22)36)30(26)40-28/h6,13,16-17,27H,1,7-12,14-15,19H2,2-5H3,(H,34,38)/b23-17+,28-13+/t27-/m0/s1. The maximum Gasteiger partial charge on any atom is 0.264 e. The smallest absolute Gasteiger partial charge is 0.264 e. The molecular formula is C32H38N4O4S. The van der Waals surface area contributed by atoms with Crippen LogP contribution in [-0.4, -0.2) is 60.8 Å². The Hall–Kier alpha value is -3.77. The maximum absolute atomic E-state index is 13.6. The van der Waals surface area contributed by atoms with Crippen molar-refractivity contribution in [3.63, 3.8) is 0 Å². The summed E-state index contributed by atoms with van der Waals surface area (Å²) in [7, 11) is 2.95. The molecule has 0 radical (unpaired) electrons. The Labute approximate surface area is 246 Å². The van der Waals surface area contributed by atoms with E-state index in [2.05, 4.69) is 28.9 Å². The predicted octanol–water partition coefficient (Wildman–Crippen LogP) is 4.70. The normalized spacial score (nSPS) is 17.6. The molecule has 4 rings (SSSR count). The Kier molecular flexibility index (Phi) is 9.77. The van der Waals surface area contributed by atoms with Gasteiger partial charge < -0.3 is 19.9 Å². The van der Waals surface area contributed by atoms with Gasteiger partial charge in [-0.2, -0.15) is 5.26 Å².